The van der Waals surface area contributed by atoms with E-state index < -0.39 is 10.0 Å². The molecule has 1 N–H and O–H groups in total. The number of amides is 1. The summed E-state index contributed by atoms with van der Waals surface area (Å²) in [4.78, 5) is 22.3. The molecule has 0 spiro atoms. The molecule has 0 unspecified atom stereocenters. The van der Waals surface area contributed by atoms with Gasteiger partial charge in [-0.15, -0.1) is 0 Å². The van der Waals surface area contributed by atoms with Crippen LogP contribution in [0.4, 0.5) is 0 Å². The van der Waals surface area contributed by atoms with Gasteiger partial charge in [0, 0.05) is 24.7 Å². The smallest absolute Gasteiger partial charge is 0.252 e. The Bertz CT molecular complexity index is 1420. The highest BCUT2D eigenvalue weighted by Gasteiger charge is 2.27. The van der Waals surface area contributed by atoms with Crippen molar-refractivity contribution in [3.63, 3.8) is 0 Å². The predicted octanol–water partition coefficient (Wildman–Crippen LogP) is 2.84. The van der Waals surface area contributed by atoms with E-state index in [1.54, 1.807) is 42.6 Å². The maximum atomic E-state index is 13.2. The van der Waals surface area contributed by atoms with Crippen molar-refractivity contribution < 1.29 is 22.4 Å². The second-order valence-electron chi connectivity index (χ2n) is 7.73. The number of morpholine rings is 1. The monoisotopic (exact) mass is 478 g/mol. The molecular weight excluding hydrogens is 456 g/mol. The molecule has 1 fully saturated rings. The lowest BCUT2D eigenvalue weighted by molar-refractivity contribution is 0.0730. The molecule has 10 heteroatoms. The van der Waals surface area contributed by atoms with Crippen LogP contribution in [0.25, 0.3) is 22.3 Å². The third-order valence-corrected chi connectivity index (χ3v) is 7.46. The molecule has 1 amide bonds. The number of hydrogen-bond donors (Lipinski definition) is 1. The first kappa shape index (κ1) is 22.2. The van der Waals surface area contributed by atoms with Crippen molar-refractivity contribution in [1.82, 2.24) is 19.6 Å². The van der Waals surface area contributed by atoms with Gasteiger partial charge in [-0.25, -0.2) is 13.4 Å². The van der Waals surface area contributed by atoms with Crippen LogP contribution in [-0.2, 0) is 21.3 Å². The molecule has 4 aromatic rings. The van der Waals surface area contributed by atoms with E-state index in [-0.39, 0.29) is 30.4 Å². The van der Waals surface area contributed by atoms with Crippen LogP contribution in [0.3, 0.4) is 0 Å². The Balaban J connectivity index is 1.59. The van der Waals surface area contributed by atoms with Crippen molar-refractivity contribution in [2.75, 3.05) is 26.3 Å². The van der Waals surface area contributed by atoms with E-state index in [0.29, 0.717) is 46.8 Å². The maximum absolute atomic E-state index is 13.2. The number of rotatable bonds is 6. The first-order chi connectivity index (χ1) is 16.5. The molecule has 4 heterocycles. The second kappa shape index (κ2) is 9.34. The van der Waals surface area contributed by atoms with Crippen molar-refractivity contribution in [1.29, 1.82) is 0 Å². The van der Waals surface area contributed by atoms with Crippen LogP contribution in [0.15, 0.2) is 76.4 Å². The number of carbonyl (C=O) groups is 1. The first-order valence-electron chi connectivity index (χ1n) is 10.8. The number of nitrogens with one attached hydrogen (secondary N) is 1. The summed E-state index contributed by atoms with van der Waals surface area (Å²) in [6.45, 7) is 1.46. The molecule has 34 heavy (non-hydrogen) atoms. The van der Waals surface area contributed by atoms with Crippen LogP contribution >= 0.6 is 0 Å². The summed E-state index contributed by atoms with van der Waals surface area (Å²) < 4.78 is 38.4. The van der Waals surface area contributed by atoms with Crippen molar-refractivity contribution in [3.8, 4) is 11.4 Å². The van der Waals surface area contributed by atoms with Crippen molar-refractivity contribution in [2.24, 2.45) is 0 Å². The normalized spacial score (nSPS) is 14.8. The molecule has 1 saturated heterocycles. The van der Waals surface area contributed by atoms with Crippen LogP contribution in [0.5, 0.6) is 0 Å². The van der Waals surface area contributed by atoms with E-state index >= 15 is 0 Å². The topological polar surface area (TPSA) is 115 Å². The van der Waals surface area contributed by atoms with Crippen LogP contribution in [-0.4, -0.2) is 54.9 Å². The molecule has 0 radical (unpaired) electrons. The fourth-order valence-electron chi connectivity index (χ4n) is 3.81. The van der Waals surface area contributed by atoms with E-state index in [2.05, 4.69) is 15.3 Å². The molecule has 0 atom stereocenters. The molecule has 1 aromatic carbocycles. The average molecular weight is 479 g/mol. The number of ether oxygens (including phenoxy) is 1. The Morgan fingerprint density at radius 1 is 1.03 bits per heavy atom. The molecule has 1 aliphatic heterocycles. The summed E-state index contributed by atoms with van der Waals surface area (Å²) in [5, 5.41) is 3.27. The van der Waals surface area contributed by atoms with Gasteiger partial charge in [0.15, 0.2) is 0 Å². The highest BCUT2D eigenvalue weighted by atomic mass is 32.2. The molecule has 5 rings (SSSR count). The average Bonchev–Trinajstić information content (AvgIpc) is 3.41. The number of aromatic nitrogens is 2. The molecule has 9 nitrogen and oxygen atoms in total. The Morgan fingerprint density at radius 3 is 2.62 bits per heavy atom. The molecule has 0 saturated carbocycles. The lowest BCUT2D eigenvalue weighted by Gasteiger charge is -2.26. The lowest BCUT2D eigenvalue weighted by Crippen LogP contribution is -2.40. The van der Waals surface area contributed by atoms with E-state index in [1.165, 1.54) is 22.7 Å². The van der Waals surface area contributed by atoms with Crippen LogP contribution in [0, 0.1) is 0 Å². The van der Waals surface area contributed by atoms with Gasteiger partial charge in [-0.1, -0.05) is 6.07 Å². The van der Waals surface area contributed by atoms with Crippen molar-refractivity contribution >= 4 is 26.8 Å². The minimum atomic E-state index is -3.74. The van der Waals surface area contributed by atoms with Gasteiger partial charge in [0.1, 0.15) is 5.76 Å². The zero-order valence-electron chi connectivity index (χ0n) is 18.2. The van der Waals surface area contributed by atoms with E-state index in [4.69, 9.17) is 9.15 Å². The highest BCUT2D eigenvalue weighted by molar-refractivity contribution is 7.89. The Labute approximate surface area is 196 Å². The molecule has 1 aliphatic rings. The van der Waals surface area contributed by atoms with Crippen molar-refractivity contribution in [3.05, 3.63) is 78.4 Å². The molecular formula is C24H22N4O5S. The minimum absolute atomic E-state index is 0.106. The Kier molecular flexibility index (Phi) is 6.10. The number of nitrogens with zero attached hydrogens (tertiary/aromatic N) is 3. The zero-order valence-corrected chi connectivity index (χ0v) is 19.0. The summed E-state index contributed by atoms with van der Waals surface area (Å²) in [5.41, 5.74) is 1.91. The van der Waals surface area contributed by atoms with Gasteiger partial charge >= 0.3 is 0 Å². The molecule has 3 aromatic heterocycles. The lowest BCUT2D eigenvalue weighted by atomic mass is 10.1. The molecule has 0 bridgehead atoms. The third-order valence-electron chi connectivity index (χ3n) is 5.56. The van der Waals surface area contributed by atoms with Gasteiger partial charge in [-0.05, 0) is 48.5 Å². The van der Waals surface area contributed by atoms with Gasteiger partial charge < -0.3 is 14.5 Å². The zero-order chi connectivity index (χ0) is 23.5. The quantitative estimate of drug-likeness (QED) is 0.453. The number of furan rings is 1. The predicted molar refractivity (Wildman–Crippen MR) is 124 cm³/mol. The largest absolute Gasteiger partial charge is 0.467 e. The number of carbonyl (C=O) groups excluding carboxylic acids is 1. The van der Waals surface area contributed by atoms with Gasteiger partial charge in [0.05, 0.1) is 53.4 Å². The third kappa shape index (κ3) is 4.43. The van der Waals surface area contributed by atoms with E-state index in [1.807, 2.05) is 6.07 Å². The van der Waals surface area contributed by atoms with Gasteiger partial charge in [-0.3, -0.25) is 9.78 Å². The fourth-order valence-corrected chi connectivity index (χ4v) is 5.25. The van der Waals surface area contributed by atoms with Gasteiger partial charge in [0.2, 0.25) is 10.0 Å². The van der Waals surface area contributed by atoms with Gasteiger partial charge in [0.25, 0.3) is 5.91 Å². The standard InChI is InChI=1S/C24H22N4O5S/c29-24(26-16-17-4-3-11-33-17)20-15-23(22-5-1-2-8-25-22)27-21-7-6-18(14-19(20)21)34(30,31)28-9-12-32-13-10-28/h1-8,11,14-15H,9-10,12-13,16H2,(H,26,29). The summed E-state index contributed by atoms with van der Waals surface area (Å²) in [5.74, 6) is 0.231. The summed E-state index contributed by atoms with van der Waals surface area (Å²) >= 11 is 0. The minimum Gasteiger partial charge on any atom is -0.467 e. The number of fused-ring (bicyclic) bond motifs is 1. The first-order valence-corrected chi connectivity index (χ1v) is 12.2. The summed E-state index contributed by atoms with van der Waals surface area (Å²) in [6, 6.07) is 15.2. The van der Waals surface area contributed by atoms with E-state index in [0.717, 1.165) is 0 Å². The number of benzene rings is 1. The van der Waals surface area contributed by atoms with Gasteiger partial charge in [-0.2, -0.15) is 4.31 Å². The SMILES string of the molecule is O=C(NCc1ccco1)c1cc(-c2ccccn2)nc2ccc(S(=O)(=O)N3CCOCC3)cc12. The number of sulfonamides is 1. The Hall–Kier alpha value is -3.60. The Morgan fingerprint density at radius 2 is 1.88 bits per heavy atom. The maximum Gasteiger partial charge on any atom is 0.252 e. The fraction of sp³-hybridized carbons (Fsp3) is 0.208. The van der Waals surface area contributed by atoms with Crippen LogP contribution < -0.4 is 5.32 Å². The molecule has 174 valence electrons. The summed E-state index contributed by atoms with van der Waals surface area (Å²) in [7, 11) is -3.74. The van der Waals surface area contributed by atoms with Crippen molar-refractivity contribution in [2.45, 2.75) is 11.4 Å². The van der Waals surface area contributed by atoms with Crippen LogP contribution in [0.1, 0.15) is 16.1 Å². The molecule has 0 aliphatic carbocycles. The van der Waals surface area contributed by atoms with E-state index in [9.17, 15) is 13.2 Å². The number of hydrogen-bond acceptors (Lipinski definition) is 7. The second-order valence-corrected chi connectivity index (χ2v) is 9.67. The van der Waals surface area contributed by atoms with Crippen LogP contribution in [0.2, 0.25) is 0 Å². The number of pyridine rings is 2. The highest BCUT2D eigenvalue weighted by Crippen LogP contribution is 2.28. The summed E-state index contributed by atoms with van der Waals surface area (Å²) in [6.07, 6.45) is 3.18.